The fourth-order valence-corrected chi connectivity index (χ4v) is 0.951. The lowest BCUT2D eigenvalue weighted by atomic mass is 10.2. The zero-order valence-corrected chi connectivity index (χ0v) is 5.46. The predicted octanol–water partition coefficient (Wildman–Crippen LogP) is -0.0738. The molecule has 0 aliphatic carbocycles. The summed E-state index contributed by atoms with van der Waals surface area (Å²) < 4.78 is 4.50. The molecular weight excluding hydrogens is 118 g/mol. The Morgan fingerprint density at radius 2 is 2.56 bits per heavy atom. The van der Waals surface area contributed by atoms with Crippen LogP contribution >= 0.6 is 0 Å². The largest absolute Gasteiger partial charge is 0.468 e. The molecular formula is C6H10NO2. The number of hydrogen-bond acceptors (Lipinski definition) is 2. The smallest absolute Gasteiger partial charge is 0.324 e. The van der Waals surface area contributed by atoms with E-state index in [4.69, 9.17) is 0 Å². The fourth-order valence-electron chi connectivity index (χ4n) is 0.951. The van der Waals surface area contributed by atoms with Crippen LogP contribution in [0.3, 0.4) is 0 Å². The molecule has 3 nitrogen and oxygen atoms in total. The van der Waals surface area contributed by atoms with Gasteiger partial charge in [0.15, 0.2) is 0 Å². The van der Waals surface area contributed by atoms with E-state index in [2.05, 4.69) is 10.1 Å². The van der Waals surface area contributed by atoms with Crippen molar-refractivity contribution in [1.29, 1.82) is 0 Å². The minimum atomic E-state index is -0.187. The standard InChI is InChI=1S/C6H10NO2/c1-9-6(8)5-3-2-4-7-5/h5H,2-4H2,1H3. The van der Waals surface area contributed by atoms with Crippen LogP contribution in [0.5, 0.6) is 0 Å². The predicted molar refractivity (Wildman–Crippen MR) is 32.0 cm³/mol. The third-order valence-corrected chi connectivity index (χ3v) is 1.46. The maximum Gasteiger partial charge on any atom is 0.324 e. The molecule has 1 rings (SSSR count). The molecule has 3 heteroatoms. The molecule has 1 saturated heterocycles. The SMILES string of the molecule is COC(=O)C1CCC[N]1. The first-order valence-corrected chi connectivity index (χ1v) is 3.09. The third kappa shape index (κ3) is 1.42. The Morgan fingerprint density at radius 1 is 1.78 bits per heavy atom. The summed E-state index contributed by atoms with van der Waals surface area (Å²) in [6, 6.07) is -0.157. The number of hydrogen-bond donors (Lipinski definition) is 0. The Labute approximate surface area is 54.4 Å². The van der Waals surface area contributed by atoms with Crippen LogP contribution in [-0.2, 0) is 9.53 Å². The highest BCUT2D eigenvalue weighted by atomic mass is 16.5. The van der Waals surface area contributed by atoms with Crippen LogP contribution in [0.2, 0.25) is 0 Å². The summed E-state index contributed by atoms with van der Waals surface area (Å²) >= 11 is 0. The van der Waals surface area contributed by atoms with Crippen LogP contribution in [0.1, 0.15) is 12.8 Å². The second kappa shape index (κ2) is 2.82. The van der Waals surface area contributed by atoms with Crippen molar-refractivity contribution in [2.24, 2.45) is 0 Å². The molecule has 1 atom stereocenters. The number of nitrogens with zero attached hydrogens (tertiary/aromatic N) is 1. The molecule has 1 radical (unpaired) electrons. The van der Waals surface area contributed by atoms with Crippen molar-refractivity contribution < 1.29 is 9.53 Å². The van der Waals surface area contributed by atoms with Gasteiger partial charge in [0.2, 0.25) is 0 Å². The van der Waals surface area contributed by atoms with Crippen LogP contribution in [-0.4, -0.2) is 25.7 Å². The van der Waals surface area contributed by atoms with Gasteiger partial charge in [0.25, 0.3) is 0 Å². The Bertz CT molecular complexity index is 108. The maximum absolute atomic E-state index is 10.7. The van der Waals surface area contributed by atoms with E-state index in [-0.39, 0.29) is 12.0 Å². The van der Waals surface area contributed by atoms with Crippen LogP contribution in [0, 0.1) is 0 Å². The number of rotatable bonds is 1. The molecule has 1 unspecified atom stereocenters. The maximum atomic E-state index is 10.7. The molecule has 0 aromatic heterocycles. The summed E-state index contributed by atoms with van der Waals surface area (Å²) in [4.78, 5) is 10.7. The minimum absolute atomic E-state index is 0.157. The van der Waals surface area contributed by atoms with E-state index in [1.165, 1.54) is 7.11 Å². The van der Waals surface area contributed by atoms with Crippen LogP contribution < -0.4 is 5.32 Å². The molecule has 0 spiro atoms. The van der Waals surface area contributed by atoms with Crippen molar-refractivity contribution >= 4 is 5.97 Å². The molecule has 9 heavy (non-hydrogen) atoms. The zero-order chi connectivity index (χ0) is 6.69. The van der Waals surface area contributed by atoms with E-state index < -0.39 is 0 Å². The van der Waals surface area contributed by atoms with E-state index in [9.17, 15) is 4.79 Å². The van der Waals surface area contributed by atoms with Crippen LogP contribution in [0.15, 0.2) is 0 Å². The number of methoxy groups -OCH3 is 1. The van der Waals surface area contributed by atoms with E-state index >= 15 is 0 Å². The van der Waals surface area contributed by atoms with Gasteiger partial charge in [-0.05, 0) is 12.8 Å². The van der Waals surface area contributed by atoms with Gasteiger partial charge in [-0.2, -0.15) is 0 Å². The van der Waals surface area contributed by atoms with Gasteiger partial charge in [-0.3, -0.25) is 4.79 Å². The molecule has 0 aromatic rings. The van der Waals surface area contributed by atoms with E-state index in [1.807, 2.05) is 0 Å². The lowest BCUT2D eigenvalue weighted by molar-refractivity contribution is -0.142. The van der Waals surface area contributed by atoms with Crippen molar-refractivity contribution in [3.05, 3.63) is 0 Å². The van der Waals surface area contributed by atoms with Gasteiger partial charge in [-0.1, -0.05) is 0 Å². The molecule has 0 saturated carbocycles. The monoisotopic (exact) mass is 128 g/mol. The van der Waals surface area contributed by atoms with Gasteiger partial charge < -0.3 is 4.74 Å². The average molecular weight is 128 g/mol. The number of esters is 1. The fraction of sp³-hybridized carbons (Fsp3) is 0.833. The van der Waals surface area contributed by atoms with Crippen molar-refractivity contribution in [2.75, 3.05) is 13.7 Å². The molecule has 0 aromatic carbocycles. The van der Waals surface area contributed by atoms with Gasteiger partial charge in [-0.15, -0.1) is 0 Å². The van der Waals surface area contributed by atoms with Gasteiger partial charge in [0.05, 0.1) is 7.11 Å². The molecule has 0 bridgehead atoms. The zero-order valence-electron chi connectivity index (χ0n) is 5.46. The average Bonchev–Trinajstić information content (AvgIpc) is 2.37. The lowest BCUT2D eigenvalue weighted by Crippen LogP contribution is -2.26. The van der Waals surface area contributed by atoms with Crippen LogP contribution in [0.25, 0.3) is 0 Å². The third-order valence-electron chi connectivity index (χ3n) is 1.46. The topological polar surface area (TPSA) is 40.4 Å². The van der Waals surface area contributed by atoms with Crippen molar-refractivity contribution in [2.45, 2.75) is 18.9 Å². The first-order valence-electron chi connectivity index (χ1n) is 3.09. The highest BCUT2D eigenvalue weighted by Crippen LogP contribution is 2.07. The van der Waals surface area contributed by atoms with E-state index in [0.717, 1.165) is 19.4 Å². The highest BCUT2D eigenvalue weighted by Gasteiger charge is 2.23. The van der Waals surface area contributed by atoms with E-state index in [1.54, 1.807) is 0 Å². The molecule has 0 amide bonds. The van der Waals surface area contributed by atoms with Crippen molar-refractivity contribution in [3.8, 4) is 0 Å². The Balaban J connectivity index is 2.32. The number of carbonyl (C=O) groups is 1. The minimum Gasteiger partial charge on any atom is -0.468 e. The van der Waals surface area contributed by atoms with Gasteiger partial charge in [0, 0.05) is 6.54 Å². The molecule has 1 aliphatic rings. The summed E-state index contributed by atoms with van der Waals surface area (Å²) in [5.74, 6) is -0.187. The normalized spacial score (nSPS) is 26.1. The first-order chi connectivity index (χ1) is 4.34. The molecule has 0 N–H and O–H groups in total. The Kier molecular flexibility index (Phi) is 2.05. The van der Waals surface area contributed by atoms with Gasteiger partial charge in [-0.25, -0.2) is 5.32 Å². The summed E-state index contributed by atoms with van der Waals surface area (Å²) in [6.07, 6.45) is 1.90. The first kappa shape index (κ1) is 6.55. The van der Waals surface area contributed by atoms with Crippen molar-refractivity contribution in [3.63, 3.8) is 0 Å². The summed E-state index contributed by atoms with van der Waals surface area (Å²) in [5, 5.41) is 4.03. The summed E-state index contributed by atoms with van der Waals surface area (Å²) in [7, 11) is 1.40. The van der Waals surface area contributed by atoms with Crippen molar-refractivity contribution in [1.82, 2.24) is 5.32 Å². The van der Waals surface area contributed by atoms with Crippen LogP contribution in [0.4, 0.5) is 0 Å². The second-order valence-electron chi connectivity index (χ2n) is 2.09. The molecule has 1 aliphatic heterocycles. The number of carbonyl (C=O) groups excluding carboxylic acids is 1. The molecule has 1 fully saturated rings. The quantitative estimate of drug-likeness (QED) is 0.464. The lowest BCUT2D eigenvalue weighted by Gasteiger charge is -2.03. The van der Waals surface area contributed by atoms with Gasteiger partial charge in [0.1, 0.15) is 6.04 Å². The summed E-state index contributed by atoms with van der Waals surface area (Å²) in [5.41, 5.74) is 0. The second-order valence-corrected chi connectivity index (χ2v) is 2.09. The van der Waals surface area contributed by atoms with Gasteiger partial charge >= 0.3 is 5.97 Å². The Morgan fingerprint density at radius 3 is 3.00 bits per heavy atom. The Hall–Kier alpha value is -0.570. The van der Waals surface area contributed by atoms with E-state index in [0.29, 0.717) is 0 Å². The molecule has 51 valence electrons. The highest BCUT2D eigenvalue weighted by molar-refractivity contribution is 5.75. The molecule has 1 heterocycles. The number of ether oxygens (including phenoxy) is 1. The summed E-state index contributed by atoms with van der Waals surface area (Å²) in [6.45, 7) is 0.819.